The summed E-state index contributed by atoms with van der Waals surface area (Å²) in [6.07, 6.45) is 1.71. The van der Waals surface area contributed by atoms with Gasteiger partial charge in [0.05, 0.1) is 17.2 Å². The maximum absolute atomic E-state index is 16.3. The number of alkyl halides is 1. The van der Waals surface area contributed by atoms with Crippen LogP contribution in [0.2, 0.25) is 0 Å². The van der Waals surface area contributed by atoms with Crippen molar-refractivity contribution in [3.63, 3.8) is 0 Å². The van der Waals surface area contributed by atoms with Crippen LogP contribution in [0.25, 0.3) is 10.9 Å². The average Bonchev–Trinajstić information content (AvgIpc) is 3.33. The Hall–Kier alpha value is -3.40. The SMILES string of the molecule is CC[C@H]1OC(=O)[C@@](C)(F)C(=O)[C@H](C)C(C)(C)[C@](C)(OCCCc2cnc3ccccc3c2)C[C@@H](C)C(=O)[C@H](C)[C@H]2NC(=O)O[C@@]21C. The molecule has 2 aliphatic heterocycles. The number of aromatic nitrogens is 1. The first-order valence-corrected chi connectivity index (χ1v) is 16.3. The van der Waals surface area contributed by atoms with Gasteiger partial charge in [0.15, 0.2) is 11.4 Å². The molecule has 46 heavy (non-hydrogen) atoms. The van der Waals surface area contributed by atoms with Crippen molar-refractivity contribution >= 4 is 34.5 Å². The Morgan fingerprint density at radius 3 is 2.39 bits per heavy atom. The van der Waals surface area contributed by atoms with Crippen LogP contribution in [-0.2, 0) is 35.0 Å². The van der Waals surface area contributed by atoms with Crippen molar-refractivity contribution in [1.29, 1.82) is 0 Å². The van der Waals surface area contributed by atoms with E-state index >= 15 is 4.39 Å². The summed E-state index contributed by atoms with van der Waals surface area (Å²) in [6.45, 7) is 15.1. The molecule has 2 aromatic rings. The molecule has 0 unspecified atom stereocenters. The third-order valence-electron chi connectivity index (χ3n) is 11.0. The standard InChI is InChI=1S/C36H49FN2O7/c1-10-27-36(9)29(39-32(43)46-36)22(3)28(40)21(2)19-34(7,33(5,6)23(4)30(41)35(8,37)31(42)45-27)44-17-13-14-24-18-25-15-11-12-16-26(25)38-20-24/h11-12,15-16,18,20-23,27,29H,10,13-14,17,19H2,1-9H3,(H,39,43)/t21-,22+,23+,27-,29-,34-,35+,36-/m1/s1. The summed E-state index contributed by atoms with van der Waals surface area (Å²) < 4.78 is 34.2. The minimum absolute atomic E-state index is 0.137. The van der Waals surface area contributed by atoms with Gasteiger partial charge >= 0.3 is 12.1 Å². The lowest BCUT2D eigenvalue weighted by Crippen LogP contribution is -2.60. The van der Waals surface area contributed by atoms with Crippen molar-refractivity contribution in [1.82, 2.24) is 10.3 Å². The molecule has 252 valence electrons. The van der Waals surface area contributed by atoms with E-state index in [1.165, 1.54) is 0 Å². The van der Waals surface area contributed by atoms with Crippen LogP contribution >= 0.6 is 0 Å². The Bertz CT molecular complexity index is 1490. The number of halogens is 1. The van der Waals surface area contributed by atoms with Gasteiger partial charge < -0.3 is 19.5 Å². The number of benzene rings is 1. The first-order valence-electron chi connectivity index (χ1n) is 16.3. The van der Waals surface area contributed by atoms with Crippen LogP contribution in [0.15, 0.2) is 36.5 Å². The van der Waals surface area contributed by atoms with Crippen molar-refractivity contribution in [2.24, 2.45) is 23.2 Å². The van der Waals surface area contributed by atoms with E-state index < -0.39 is 70.0 Å². The minimum atomic E-state index is -2.98. The zero-order valence-corrected chi connectivity index (χ0v) is 28.6. The van der Waals surface area contributed by atoms with Crippen LogP contribution in [-0.4, -0.2) is 64.2 Å². The van der Waals surface area contributed by atoms with Crippen LogP contribution in [0.3, 0.4) is 0 Å². The van der Waals surface area contributed by atoms with Crippen molar-refractivity contribution in [3.05, 3.63) is 42.1 Å². The summed E-state index contributed by atoms with van der Waals surface area (Å²) in [7, 11) is 0. The maximum atomic E-state index is 16.3. The second-order valence-electron chi connectivity index (χ2n) is 14.3. The van der Waals surface area contributed by atoms with Crippen molar-refractivity contribution < 1.29 is 37.8 Å². The second kappa shape index (κ2) is 13.0. The predicted molar refractivity (Wildman–Crippen MR) is 172 cm³/mol. The summed E-state index contributed by atoms with van der Waals surface area (Å²) in [5, 5.41) is 3.78. The molecule has 0 saturated carbocycles. The van der Waals surface area contributed by atoms with Crippen molar-refractivity contribution in [2.75, 3.05) is 6.61 Å². The largest absolute Gasteiger partial charge is 0.455 e. The molecular weight excluding hydrogens is 591 g/mol. The van der Waals surface area contributed by atoms with Gasteiger partial charge in [-0.3, -0.25) is 14.6 Å². The molecule has 1 amide bonds. The van der Waals surface area contributed by atoms with E-state index in [0.29, 0.717) is 19.4 Å². The number of cyclic esters (lactones) is 1. The number of rotatable bonds is 6. The molecule has 1 aromatic heterocycles. The molecule has 9 nitrogen and oxygen atoms in total. The molecule has 2 fully saturated rings. The molecule has 3 heterocycles. The molecule has 0 aliphatic carbocycles. The molecule has 4 rings (SSSR count). The van der Waals surface area contributed by atoms with Gasteiger partial charge in [0, 0.05) is 41.4 Å². The van der Waals surface area contributed by atoms with Gasteiger partial charge in [-0.05, 0) is 64.2 Å². The number of nitrogens with one attached hydrogen (secondary N) is 1. The number of esters is 1. The lowest BCUT2D eigenvalue weighted by Gasteiger charge is -2.49. The molecule has 0 radical (unpaired) electrons. The normalized spacial score (nSPS) is 35.6. The van der Waals surface area contributed by atoms with Gasteiger partial charge in [-0.2, -0.15) is 0 Å². The summed E-state index contributed by atoms with van der Waals surface area (Å²) in [5.74, 6) is -4.72. The fourth-order valence-electron chi connectivity index (χ4n) is 7.22. The van der Waals surface area contributed by atoms with E-state index in [-0.39, 0.29) is 18.6 Å². The number of aryl methyl sites for hydroxylation is 1. The highest BCUT2D eigenvalue weighted by Crippen LogP contribution is 2.48. The first kappa shape index (κ1) is 35.5. The average molecular weight is 641 g/mol. The molecule has 1 N–H and O–H groups in total. The number of fused-ring (bicyclic) bond motifs is 2. The highest BCUT2D eigenvalue weighted by molar-refractivity contribution is 6.08. The molecule has 0 spiro atoms. The van der Waals surface area contributed by atoms with E-state index in [4.69, 9.17) is 14.2 Å². The van der Waals surface area contributed by atoms with Gasteiger partial charge in [-0.25, -0.2) is 14.0 Å². The smallest absolute Gasteiger partial charge is 0.408 e. The fraction of sp³-hybridized carbons (Fsp3) is 0.639. The molecule has 2 aliphatic rings. The third-order valence-corrected chi connectivity index (χ3v) is 11.0. The Balaban J connectivity index is 1.66. The highest BCUT2D eigenvalue weighted by atomic mass is 19.1. The second-order valence-corrected chi connectivity index (χ2v) is 14.3. The molecule has 10 heteroatoms. The van der Waals surface area contributed by atoms with E-state index in [2.05, 4.69) is 16.4 Å². The molecular formula is C36H49FN2O7. The van der Waals surface area contributed by atoms with E-state index in [0.717, 1.165) is 23.4 Å². The van der Waals surface area contributed by atoms with Crippen LogP contribution in [0, 0.1) is 23.2 Å². The van der Waals surface area contributed by atoms with Gasteiger partial charge in [-0.15, -0.1) is 0 Å². The van der Waals surface area contributed by atoms with E-state index in [1.54, 1.807) is 34.6 Å². The monoisotopic (exact) mass is 640 g/mol. The molecule has 8 atom stereocenters. The molecule has 0 bridgehead atoms. The Kier molecular flexibility index (Phi) is 10.0. The first-order chi connectivity index (χ1) is 21.4. The number of alkyl carbamates (subject to hydrolysis) is 1. The Morgan fingerprint density at radius 1 is 1.04 bits per heavy atom. The Labute approximate surface area is 271 Å². The number of ether oxygens (including phenoxy) is 3. The number of nitrogens with zero attached hydrogens (tertiary/aromatic N) is 1. The van der Waals surface area contributed by atoms with Gasteiger partial charge in [0.2, 0.25) is 0 Å². The summed E-state index contributed by atoms with van der Waals surface area (Å²) in [6, 6.07) is 9.14. The van der Waals surface area contributed by atoms with Crippen LogP contribution < -0.4 is 5.32 Å². The fourth-order valence-corrected chi connectivity index (χ4v) is 7.22. The van der Waals surface area contributed by atoms with Gasteiger partial charge in [-0.1, -0.05) is 59.7 Å². The summed E-state index contributed by atoms with van der Waals surface area (Å²) in [5.41, 5.74) is -4.59. The quantitative estimate of drug-likeness (QED) is 0.221. The number of para-hydroxylation sites is 1. The minimum Gasteiger partial charge on any atom is -0.455 e. The predicted octanol–water partition coefficient (Wildman–Crippen LogP) is 6.34. The van der Waals surface area contributed by atoms with Gasteiger partial charge in [0.1, 0.15) is 11.9 Å². The number of carbonyl (C=O) groups is 4. The van der Waals surface area contributed by atoms with E-state index in [1.807, 2.05) is 51.2 Å². The van der Waals surface area contributed by atoms with Crippen molar-refractivity contribution in [3.8, 4) is 0 Å². The number of pyridine rings is 1. The van der Waals surface area contributed by atoms with Crippen molar-refractivity contribution in [2.45, 2.75) is 117 Å². The zero-order valence-electron chi connectivity index (χ0n) is 28.6. The summed E-state index contributed by atoms with van der Waals surface area (Å²) >= 11 is 0. The van der Waals surface area contributed by atoms with Crippen LogP contribution in [0.5, 0.6) is 0 Å². The number of carbonyl (C=O) groups excluding carboxylic acids is 4. The lowest BCUT2D eigenvalue weighted by atomic mass is 9.61. The maximum Gasteiger partial charge on any atom is 0.408 e. The van der Waals surface area contributed by atoms with E-state index in [9.17, 15) is 19.2 Å². The number of amides is 1. The number of ketones is 2. The van der Waals surface area contributed by atoms with Gasteiger partial charge in [0.25, 0.3) is 5.67 Å². The number of hydrogen-bond donors (Lipinski definition) is 1. The number of hydrogen-bond acceptors (Lipinski definition) is 8. The zero-order chi connectivity index (χ0) is 34.2. The lowest BCUT2D eigenvalue weighted by molar-refractivity contribution is -0.185. The highest BCUT2D eigenvalue weighted by Gasteiger charge is 2.60. The molecule has 2 saturated heterocycles. The molecule has 1 aromatic carbocycles. The topological polar surface area (TPSA) is 121 Å². The Morgan fingerprint density at radius 2 is 1.72 bits per heavy atom. The summed E-state index contributed by atoms with van der Waals surface area (Å²) in [4.78, 5) is 58.3. The van der Waals surface area contributed by atoms with Crippen LogP contribution in [0.1, 0.15) is 87.1 Å². The van der Waals surface area contributed by atoms with Crippen LogP contribution in [0.4, 0.5) is 9.18 Å². The number of Topliss-reactive ketones (excluding diaryl/α,β-unsaturated/α-hetero) is 2. The third kappa shape index (κ3) is 6.42.